The van der Waals surface area contributed by atoms with Crippen LogP contribution in [0.5, 0.6) is 5.75 Å². The molecule has 0 aliphatic rings. The van der Waals surface area contributed by atoms with Gasteiger partial charge in [-0.1, -0.05) is 17.8 Å². The van der Waals surface area contributed by atoms with Crippen LogP contribution in [0.15, 0.2) is 66.1 Å². The number of nitrogens with zero attached hydrogens (tertiary/aromatic N) is 2. The van der Waals surface area contributed by atoms with Gasteiger partial charge in [0.25, 0.3) is 0 Å². The summed E-state index contributed by atoms with van der Waals surface area (Å²) >= 11 is 1.14. The fourth-order valence-electron chi connectivity index (χ4n) is 2.52. The van der Waals surface area contributed by atoms with Crippen molar-refractivity contribution < 1.29 is 23.5 Å². The minimum atomic E-state index is -0.539. The molecule has 0 aliphatic heterocycles. The summed E-state index contributed by atoms with van der Waals surface area (Å²) in [6.45, 7) is 2.08. The van der Waals surface area contributed by atoms with E-state index >= 15 is 0 Å². The fourth-order valence-corrected chi connectivity index (χ4v) is 3.29. The van der Waals surface area contributed by atoms with E-state index in [9.17, 15) is 14.0 Å². The van der Waals surface area contributed by atoms with Crippen LogP contribution in [-0.2, 0) is 9.53 Å². The number of carbonyl (C=O) groups excluding carboxylic acids is 2. The molecule has 0 aliphatic carbocycles. The Hall–Kier alpha value is -3.13. The van der Waals surface area contributed by atoms with Gasteiger partial charge in [-0.3, -0.25) is 14.2 Å². The fraction of sp³-hybridized carbons (Fsp3) is 0.190. The van der Waals surface area contributed by atoms with Crippen LogP contribution in [0.2, 0.25) is 0 Å². The predicted molar refractivity (Wildman–Crippen MR) is 107 cm³/mol. The molecule has 0 bridgehead atoms. The van der Waals surface area contributed by atoms with Crippen molar-refractivity contribution in [3.05, 3.63) is 72.3 Å². The molecule has 0 unspecified atom stereocenters. The molecule has 0 N–H and O–H groups in total. The summed E-state index contributed by atoms with van der Waals surface area (Å²) in [4.78, 5) is 28.3. The summed E-state index contributed by atoms with van der Waals surface area (Å²) < 4.78 is 25.5. The van der Waals surface area contributed by atoms with Gasteiger partial charge in [0.2, 0.25) is 0 Å². The lowest BCUT2D eigenvalue weighted by Gasteiger charge is -2.08. The van der Waals surface area contributed by atoms with E-state index in [0.717, 1.165) is 11.8 Å². The van der Waals surface area contributed by atoms with Crippen LogP contribution < -0.4 is 4.74 Å². The molecule has 150 valence electrons. The smallest absolute Gasteiger partial charge is 0.316 e. The number of rotatable bonds is 9. The highest BCUT2D eigenvalue weighted by Gasteiger charge is 2.13. The van der Waals surface area contributed by atoms with Gasteiger partial charge in [0.15, 0.2) is 17.5 Å². The quantitative estimate of drug-likeness (QED) is 0.300. The first-order valence-electron chi connectivity index (χ1n) is 8.90. The molecule has 0 amide bonds. The Morgan fingerprint density at radius 2 is 1.97 bits per heavy atom. The van der Waals surface area contributed by atoms with Gasteiger partial charge in [0, 0.05) is 18.0 Å². The second-order valence-corrected chi connectivity index (χ2v) is 6.83. The summed E-state index contributed by atoms with van der Waals surface area (Å²) in [5.41, 5.74) is 1.04. The van der Waals surface area contributed by atoms with Gasteiger partial charge in [0.05, 0.1) is 18.0 Å². The number of thioether (sulfide) groups is 1. The number of esters is 1. The molecule has 0 fully saturated rings. The third-order valence-corrected chi connectivity index (χ3v) is 4.80. The summed E-state index contributed by atoms with van der Waals surface area (Å²) in [7, 11) is 0. The van der Waals surface area contributed by atoms with E-state index < -0.39 is 5.97 Å². The number of Topliss-reactive ketones (excluding diaryl/α,β-unsaturated/α-hetero) is 1. The van der Waals surface area contributed by atoms with Gasteiger partial charge in [-0.2, -0.15) is 0 Å². The van der Waals surface area contributed by atoms with Crippen molar-refractivity contribution >= 4 is 23.5 Å². The molecule has 0 saturated heterocycles. The van der Waals surface area contributed by atoms with Crippen molar-refractivity contribution in [3.8, 4) is 11.4 Å². The zero-order chi connectivity index (χ0) is 20.6. The standard InChI is InChI=1S/C21H19FN2O4S/c1-2-27-18-8-6-15(7-9-18)19(25)13-28-20(26)14-29-21-23-10-11-24(21)17-5-3-4-16(22)12-17/h3-12H,2,13-14H2,1H3. The molecular formula is C21H19FN2O4S. The van der Waals surface area contributed by atoms with Crippen LogP contribution in [0.4, 0.5) is 4.39 Å². The molecule has 3 aromatic rings. The first-order valence-corrected chi connectivity index (χ1v) is 9.89. The normalized spacial score (nSPS) is 10.6. The third kappa shape index (κ3) is 5.68. The van der Waals surface area contributed by atoms with Crippen molar-refractivity contribution in [1.82, 2.24) is 9.55 Å². The predicted octanol–water partition coefficient (Wildman–Crippen LogP) is 3.93. The zero-order valence-corrected chi connectivity index (χ0v) is 16.5. The highest BCUT2D eigenvalue weighted by Crippen LogP contribution is 2.21. The van der Waals surface area contributed by atoms with Crippen LogP contribution in [0.1, 0.15) is 17.3 Å². The van der Waals surface area contributed by atoms with Gasteiger partial charge < -0.3 is 9.47 Å². The molecule has 0 atom stereocenters. The molecule has 6 nitrogen and oxygen atoms in total. The SMILES string of the molecule is CCOc1ccc(C(=O)COC(=O)CSc2nccn2-c2cccc(F)c2)cc1. The number of imidazole rings is 1. The molecule has 2 aromatic carbocycles. The second-order valence-electron chi connectivity index (χ2n) is 5.89. The molecule has 29 heavy (non-hydrogen) atoms. The Bertz CT molecular complexity index is 988. The van der Waals surface area contributed by atoms with Crippen LogP contribution >= 0.6 is 11.8 Å². The third-order valence-electron chi connectivity index (χ3n) is 3.86. The summed E-state index contributed by atoms with van der Waals surface area (Å²) in [6.07, 6.45) is 3.24. The molecule has 1 heterocycles. The summed E-state index contributed by atoms with van der Waals surface area (Å²) in [6, 6.07) is 12.7. The number of ether oxygens (including phenoxy) is 2. The number of hydrogen-bond acceptors (Lipinski definition) is 6. The van der Waals surface area contributed by atoms with Gasteiger partial charge in [0.1, 0.15) is 11.6 Å². The van der Waals surface area contributed by atoms with Gasteiger partial charge >= 0.3 is 5.97 Å². The Balaban J connectivity index is 1.51. The Morgan fingerprint density at radius 3 is 2.69 bits per heavy atom. The number of ketones is 1. The summed E-state index contributed by atoms with van der Waals surface area (Å²) in [5, 5.41) is 0.519. The largest absolute Gasteiger partial charge is 0.494 e. The highest BCUT2D eigenvalue weighted by atomic mass is 32.2. The number of carbonyl (C=O) groups is 2. The van der Waals surface area contributed by atoms with Crippen LogP contribution in [0, 0.1) is 5.82 Å². The lowest BCUT2D eigenvalue weighted by atomic mass is 10.1. The average molecular weight is 414 g/mol. The van der Waals surface area contributed by atoms with E-state index in [1.807, 2.05) is 6.92 Å². The number of halogens is 1. The monoisotopic (exact) mass is 414 g/mol. The van der Waals surface area contributed by atoms with Crippen molar-refractivity contribution in [3.63, 3.8) is 0 Å². The lowest BCUT2D eigenvalue weighted by molar-refractivity contribution is -0.139. The molecule has 0 radical (unpaired) electrons. The first kappa shape index (κ1) is 20.6. The van der Waals surface area contributed by atoms with Crippen molar-refractivity contribution in [2.45, 2.75) is 12.1 Å². The number of hydrogen-bond donors (Lipinski definition) is 0. The van der Waals surface area contributed by atoms with Crippen molar-refractivity contribution in [2.24, 2.45) is 0 Å². The van der Waals surface area contributed by atoms with E-state index in [2.05, 4.69) is 4.98 Å². The highest BCUT2D eigenvalue weighted by molar-refractivity contribution is 7.99. The topological polar surface area (TPSA) is 70.4 Å². The Labute approximate surface area is 171 Å². The van der Waals surface area contributed by atoms with Gasteiger partial charge in [-0.15, -0.1) is 0 Å². The van der Waals surface area contributed by atoms with E-state index in [1.54, 1.807) is 53.4 Å². The van der Waals surface area contributed by atoms with E-state index in [1.165, 1.54) is 12.1 Å². The zero-order valence-electron chi connectivity index (χ0n) is 15.7. The van der Waals surface area contributed by atoms with E-state index in [-0.39, 0.29) is 24.0 Å². The molecule has 0 spiro atoms. The number of benzene rings is 2. The molecule has 8 heteroatoms. The first-order chi connectivity index (χ1) is 14.1. The number of aromatic nitrogens is 2. The minimum Gasteiger partial charge on any atom is -0.494 e. The van der Waals surface area contributed by atoms with Gasteiger partial charge in [-0.05, 0) is 49.4 Å². The lowest BCUT2D eigenvalue weighted by Crippen LogP contribution is -2.15. The Kier molecular flexibility index (Phi) is 7.02. The molecule has 1 aromatic heterocycles. The molecular weight excluding hydrogens is 395 g/mol. The maximum Gasteiger partial charge on any atom is 0.316 e. The van der Waals surface area contributed by atoms with Crippen molar-refractivity contribution in [2.75, 3.05) is 19.0 Å². The minimum absolute atomic E-state index is 0.0249. The average Bonchev–Trinajstić information content (AvgIpc) is 3.20. The van der Waals surface area contributed by atoms with E-state index in [4.69, 9.17) is 9.47 Å². The van der Waals surface area contributed by atoms with Crippen LogP contribution in [0.25, 0.3) is 5.69 Å². The maximum absolute atomic E-state index is 13.4. The second kappa shape index (κ2) is 9.88. The van der Waals surface area contributed by atoms with Crippen LogP contribution in [-0.4, -0.2) is 40.3 Å². The van der Waals surface area contributed by atoms with Crippen molar-refractivity contribution in [1.29, 1.82) is 0 Å². The maximum atomic E-state index is 13.4. The van der Waals surface area contributed by atoms with Gasteiger partial charge in [-0.25, -0.2) is 9.37 Å². The van der Waals surface area contributed by atoms with Crippen LogP contribution in [0.3, 0.4) is 0 Å². The Morgan fingerprint density at radius 1 is 1.17 bits per heavy atom. The molecule has 0 saturated carbocycles. The van der Waals surface area contributed by atoms with E-state index in [0.29, 0.717) is 28.8 Å². The molecule has 3 rings (SSSR count). The summed E-state index contributed by atoms with van der Waals surface area (Å²) in [5.74, 6) is -0.551.